The van der Waals surface area contributed by atoms with Crippen LogP contribution in [0.3, 0.4) is 0 Å². The van der Waals surface area contributed by atoms with Crippen LogP contribution in [0.1, 0.15) is 23.2 Å². The summed E-state index contributed by atoms with van der Waals surface area (Å²) in [5.74, 6) is -0.596. The number of halogens is 2. The number of benzene rings is 1. The zero-order chi connectivity index (χ0) is 19.8. The van der Waals surface area contributed by atoms with E-state index in [2.05, 4.69) is 4.98 Å². The highest BCUT2D eigenvalue weighted by Crippen LogP contribution is 2.30. The average molecular weight is 382 g/mol. The van der Waals surface area contributed by atoms with Crippen LogP contribution in [0.2, 0.25) is 0 Å². The molecule has 4 rings (SSSR count). The molecule has 1 fully saturated rings. The van der Waals surface area contributed by atoms with Crippen LogP contribution in [-0.2, 0) is 11.3 Å². The van der Waals surface area contributed by atoms with E-state index in [4.69, 9.17) is 5.10 Å². The van der Waals surface area contributed by atoms with Crippen molar-refractivity contribution in [2.45, 2.75) is 26.8 Å². The molecular formula is C21H20F2N4O. The molecule has 1 amide bonds. The van der Waals surface area contributed by atoms with Crippen LogP contribution in [0.4, 0.5) is 8.78 Å². The van der Waals surface area contributed by atoms with E-state index in [0.29, 0.717) is 12.2 Å². The van der Waals surface area contributed by atoms with Gasteiger partial charge in [0.1, 0.15) is 5.69 Å². The molecule has 0 saturated carbocycles. The summed E-state index contributed by atoms with van der Waals surface area (Å²) in [5, 5.41) is 4.70. The summed E-state index contributed by atoms with van der Waals surface area (Å²) in [7, 11) is 0. The second kappa shape index (κ2) is 7.14. The van der Waals surface area contributed by atoms with Gasteiger partial charge in [-0.3, -0.25) is 4.79 Å². The minimum Gasteiger partial charge on any atom is -0.338 e. The third kappa shape index (κ3) is 3.40. The van der Waals surface area contributed by atoms with Crippen molar-refractivity contribution in [3.05, 3.63) is 65.5 Å². The van der Waals surface area contributed by atoms with Crippen LogP contribution in [0.15, 0.2) is 48.7 Å². The molecule has 1 unspecified atom stereocenters. The fourth-order valence-electron chi connectivity index (χ4n) is 3.60. The Hall–Kier alpha value is -3.09. The summed E-state index contributed by atoms with van der Waals surface area (Å²) in [4.78, 5) is 18.7. The van der Waals surface area contributed by atoms with Gasteiger partial charge < -0.3 is 4.90 Å². The van der Waals surface area contributed by atoms with Crippen LogP contribution in [0.5, 0.6) is 0 Å². The van der Waals surface area contributed by atoms with Crippen LogP contribution >= 0.6 is 0 Å². The molecule has 0 radical (unpaired) electrons. The summed E-state index contributed by atoms with van der Waals surface area (Å²) < 4.78 is 26.9. The number of carbonyl (C=O) groups excluding carboxylic acids is 1. The molecule has 0 spiro atoms. The molecule has 144 valence electrons. The first-order chi connectivity index (χ1) is 13.4. The first-order valence-corrected chi connectivity index (χ1v) is 9.14. The molecule has 5 nitrogen and oxygen atoms in total. The van der Waals surface area contributed by atoms with Gasteiger partial charge in [0, 0.05) is 41.9 Å². The van der Waals surface area contributed by atoms with Crippen LogP contribution in [0, 0.1) is 19.8 Å². The lowest BCUT2D eigenvalue weighted by molar-refractivity contribution is -0.128. The number of rotatable bonds is 4. The Bertz CT molecular complexity index is 1070. The Labute approximate surface area is 161 Å². The van der Waals surface area contributed by atoms with Crippen LogP contribution < -0.4 is 0 Å². The van der Waals surface area contributed by atoms with E-state index in [1.165, 1.54) is 0 Å². The topological polar surface area (TPSA) is 50.5 Å². The second-order valence-electron chi connectivity index (χ2n) is 7.17. The first kappa shape index (κ1) is 18.3. The molecule has 1 aliphatic rings. The number of carbonyl (C=O) groups is 1. The summed E-state index contributed by atoms with van der Waals surface area (Å²) in [6.07, 6.45) is 1.15. The fourth-order valence-corrected chi connectivity index (χ4v) is 3.60. The minimum atomic E-state index is -1.74. The first-order valence-electron chi connectivity index (χ1n) is 9.14. The van der Waals surface area contributed by atoms with E-state index in [9.17, 15) is 13.6 Å². The molecule has 1 aromatic carbocycles. The van der Waals surface area contributed by atoms with Gasteiger partial charge in [-0.15, -0.1) is 0 Å². The van der Waals surface area contributed by atoms with Gasteiger partial charge in [0.05, 0.1) is 6.54 Å². The van der Waals surface area contributed by atoms with Gasteiger partial charge in [-0.2, -0.15) is 13.9 Å². The van der Waals surface area contributed by atoms with Crippen molar-refractivity contribution < 1.29 is 13.6 Å². The molecule has 1 saturated heterocycles. The molecule has 3 heterocycles. The van der Waals surface area contributed by atoms with E-state index in [0.717, 1.165) is 34.2 Å². The molecule has 1 aliphatic heterocycles. The zero-order valence-corrected chi connectivity index (χ0v) is 15.7. The van der Waals surface area contributed by atoms with Crippen molar-refractivity contribution in [3.63, 3.8) is 0 Å². The van der Waals surface area contributed by atoms with Crippen molar-refractivity contribution in [1.29, 1.82) is 0 Å². The minimum absolute atomic E-state index is 0.1000. The average Bonchev–Trinajstić information content (AvgIpc) is 3.16. The lowest BCUT2D eigenvalue weighted by Gasteiger charge is -2.16. The quantitative estimate of drug-likeness (QED) is 0.681. The zero-order valence-electron chi connectivity index (χ0n) is 15.7. The van der Waals surface area contributed by atoms with Crippen LogP contribution in [0.25, 0.3) is 16.9 Å². The number of hydrogen-bond acceptors (Lipinski definition) is 3. The molecule has 1 atom stereocenters. The van der Waals surface area contributed by atoms with Crippen molar-refractivity contribution in [2.75, 3.05) is 6.54 Å². The molecule has 0 aliphatic carbocycles. The normalized spacial score (nSPS) is 16.8. The van der Waals surface area contributed by atoms with Crippen molar-refractivity contribution in [3.8, 4) is 11.3 Å². The Kier molecular flexibility index (Phi) is 4.66. The van der Waals surface area contributed by atoms with Gasteiger partial charge in [-0.25, -0.2) is 9.50 Å². The van der Waals surface area contributed by atoms with E-state index in [1.54, 1.807) is 9.42 Å². The Morgan fingerprint density at radius 1 is 1.25 bits per heavy atom. The number of aromatic nitrogens is 3. The second-order valence-corrected chi connectivity index (χ2v) is 7.17. The maximum atomic E-state index is 12.6. The van der Waals surface area contributed by atoms with Crippen molar-refractivity contribution in [2.24, 2.45) is 5.92 Å². The number of aryl methyl sites for hydroxylation is 2. The number of likely N-dealkylation sites (tertiary alicyclic amines) is 1. The molecule has 0 bridgehead atoms. The third-order valence-electron chi connectivity index (χ3n) is 5.14. The highest BCUT2D eigenvalue weighted by molar-refractivity contribution is 5.80. The maximum absolute atomic E-state index is 12.6. The van der Waals surface area contributed by atoms with Gasteiger partial charge in [0.15, 0.2) is 5.65 Å². The number of amides is 1. The largest absolute Gasteiger partial charge is 0.338 e. The highest BCUT2D eigenvalue weighted by atomic mass is 19.3. The van der Waals surface area contributed by atoms with Crippen molar-refractivity contribution in [1.82, 2.24) is 19.5 Å². The summed E-state index contributed by atoms with van der Waals surface area (Å²) in [6.45, 7) is 4.46. The number of hydrogen-bond donors (Lipinski definition) is 0. The summed E-state index contributed by atoms with van der Waals surface area (Å²) in [6, 6.07) is 9.71. The Morgan fingerprint density at radius 3 is 2.71 bits per heavy atom. The van der Waals surface area contributed by atoms with Gasteiger partial charge >= 0.3 is 0 Å². The van der Waals surface area contributed by atoms with E-state index in [1.807, 2.05) is 50.4 Å². The molecule has 28 heavy (non-hydrogen) atoms. The van der Waals surface area contributed by atoms with Crippen molar-refractivity contribution >= 4 is 11.6 Å². The van der Waals surface area contributed by atoms with Gasteiger partial charge in [-0.1, -0.05) is 30.3 Å². The Balaban J connectivity index is 1.78. The summed E-state index contributed by atoms with van der Waals surface area (Å²) in [5.41, 5.74) is 5.10. The smallest absolute Gasteiger partial charge is 0.266 e. The molecule has 2 aromatic heterocycles. The third-order valence-corrected chi connectivity index (χ3v) is 5.14. The fraction of sp³-hybridized carbons (Fsp3) is 0.286. The predicted molar refractivity (Wildman–Crippen MR) is 102 cm³/mol. The molecular weight excluding hydrogens is 362 g/mol. The van der Waals surface area contributed by atoms with E-state index < -0.39 is 12.0 Å². The lowest BCUT2D eigenvalue weighted by atomic mass is 10.1. The van der Waals surface area contributed by atoms with E-state index >= 15 is 0 Å². The SMILES string of the molecule is Cc1cn2nc(-c3ccccc3)c(CN3CC(C=C(F)F)CC3=O)c2nc1C. The molecule has 0 N–H and O–H groups in total. The van der Waals surface area contributed by atoms with Gasteiger partial charge in [0.2, 0.25) is 5.91 Å². The monoisotopic (exact) mass is 382 g/mol. The van der Waals surface area contributed by atoms with Crippen LogP contribution in [-0.4, -0.2) is 31.9 Å². The number of nitrogens with zero attached hydrogens (tertiary/aromatic N) is 4. The van der Waals surface area contributed by atoms with Gasteiger partial charge in [0.25, 0.3) is 6.08 Å². The molecule has 7 heteroatoms. The van der Waals surface area contributed by atoms with E-state index in [-0.39, 0.29) is 18.9 Å². The maximum Gasteiger partial charge on any atom is 0.266 e. The summed E-state index contributed by atoms with van der Waals surface area (Å²) >= 11 is 0. The standard InChI is InChI=1S/C21H20F2N4O/c1-13-10-27-21(24-14(13)2)17(20(25-27)16-6-4-3-5-7-16)12-26-11-15(8-18(22)23)9-19(26)28/h3-8,10,15H,9,11-12H2,1-2H3. The Morgan fingerprint density at radius 2 is 2.00 bits per heavy atom. The van der Waals surface area contributed by atoms with Gasteiger partial charge in [-0.05, 0) is 25.5 Å². The lowest BCUT2D eigenvalue weighted by Crippen LogP contribution is -2.24. The highest BCUT2D eigenvalue weighted by Gasteiger charge is 2.31. The molecule has 3 aromatic rings. The number of fused-ring (bicyclic) bond motifs is 1. The predicted octanol–water partition coefficient (Wildman–Crippen LogP) is 4.14.